The molecule has 0 amide bonds. The Labute approximate surface area is 128 Å². The van der Waals surface area contributed by atoms with Crippen LogP contribution in [-0.4, -0.2) is 35.6 Å². The number of aryl methyl sites for hydroxylation is 1. The number of rotatable bonds is 8. The van der Waals surface area contributed by atoms with Gasteiger partial charge in [-0.2, -0.15) is 9.40 Å². The highest BCUT2D eigenvalue weighted by Gasteiger charge is 2.29. The first kappa shape index (κ1) is 18.0. The summed E-state index contributed by atoms with van der Waals surface area (Å²) in [6.07, 6.45) is 2.42. The smallest absolute Gasteiger partial charge is 0.248 e. The Morgan fingerprint density at radius 2 is 1.76 bits per heavy atom. The standard InChI is InChI=1S/C14H28N4O2S/c1-6-7-17-10-13(14(15)16-17)21(19,20)18(8-11(2)3)9-12(4)5/h10-12H,6-9H2,1-5H3,(H2,15,16). The van der Waals surface area contributed by atoms with E-state index < -0.39 is 10.0 Å². The fraction of sp³-hybridized carbons (Fsp3) is 0.786. The number of anilines is 1. The van der Waals surface area contributed by atoms with Crippen molar-refractivity contribution < 1.29 is 8.42 Å². The molecule has 1 aromatic heterocycles. The highest BCUT2D eigenvalue weighted by molar-refractivity contribution is 7.89. The Morgan fingerprint density at radius 1 is 1.24 bits per heavy atom. The topological polar surface area (TPSA) is 81.2 Å². The van der Waals surface area contributed by atoms with Gasteiger partial charge in [0.05, 0.1) is 0 Å². The molecule has 1 rings (SSSR count). The van der Waals surface area contributed by atoms with Crippen LogP contribution in [0.15, 0.2) is 11.1 Å². The summed E-state index contributed by atoms with van der Waals surface area (Å²) in [5.41, 5.74) is 5.82. The van der Waals surface area contributed by atoms with E-state index in [1.807, 2.05) is 34.6 Å². The van der Waals surface area contributed by atoms with Crippen molar-refractivity contribution in [2.75, 3.05) is 18.8 Å². The molecule has 0 unspecified atom stereocenters. The molecular formula is C14H28N4O2S. The van der Waals surface area contributed by atoms with Crippen molar-refractivity contribution >= 4 is 15.8 Å². The summed E-state index contributed by atoms with van der Waals surface area (Å²) in [6, 6.07) is 0. The van der Waals surface area contributed by atoms with Crippen LogP contribution in [0, 0.1) is 11.8 Å². The number of hydrogen-bond donors (Lipinski definition) is 1. The molecule has 1 aromatic rings. The van der Waals surface area contributed by atoms with Gasteiger partial charge in [0.15, 0.2) is 5.82 Å². The second-order valence-electron chi connectivity index (χ2n) is 6.25. The van der Waals surface area contributed by atoms with Crippen molar-refractivity contribution in [3.8, 4) is 0 Å². The molecule has 0 spiro atoms. The van der Waals surface area contributed by atoms with Crippen molar-refractivity contribution in [1.82, 2.24) is 14.1 Å². The average molecular weight is 316 g/mol. The van der Waals surface area contributed by atoms with Gasteiger partial charge in [0.1, 0.15) is 4.90 Å². The van der Waals surface area contributed by atoms with E-state index in [2.05, 4.69) is 5.10 Å². The number of nitrogen functional groups attached to an aromatic ring is 1. The minimum absolute atomic E-state index is 0.0842. The van der Waals surface area contributed by atoms with Gasteiger partial charge in [0.2, 0.25) is 10.0 Å². The maximum absolute atomic E-state index is 12.8. The van der Waals surface area contributed by atoms with Crippen molar-refractivity contribution in [2.24, 2.45) is 11.8 Å². The zero-order valence-corrected chi connectivity index (χ0v) is 14.5. The van der Waals surface area contributed by atoms with Crippen LogP contribution < -0.4 is 5.73 Å². The van der Waals surface area contributed by atoms with Gasteiger partial charge >= 0.3 is 0 Å². The van der Waals surface area contributed by atoms with Gasteiger partial charge in [-0.05, 0) is 18.3 Å². The van der Waals surface area contributed by atoms with Crippen LogP contribution in [0.1, 0.15) is 41.0 Å². The lowest BCUT2D eigenvalue weighted by atomic mass is 10.2. The number of sulfonamides is 1. The molecule has 0 aliphatic heterocycles. The lowest BCUT2D eigenvalue weighted by molar-refractivity contribution is 0.333. The van der Waals surface area contributed by atoms with Crippen molar-refractivity contribution in [3.63, 3.8) is 0 Å². The predicted molar refractivity (Wildman–Crippen MR) is 85.4 cm³/mol. The van der Waals surface area contributed by atoms with E-state index >= 15 is 0 Å². The first-order valence-corrected chi connectivity index (χ1v) is 8.95. The first-order valence-electron chi connectivity index (χ1n) is 7.51. The van der Waals surface area contributed by atoms with Gasteiger partial charge in [-0.25, -0.2) is 8.42 Å². The third kappa shape index (κ3) is 4.71. The summed E-state index contributed by atoms with van der Waals surface area (Å²) >= 11 is 0. The molecular weight excluding hydrogens is 288 g/mol. The van der Waals surface area contributed by atoms with Crippen molar-refractivity contribution in [2.45, 2.75) is 52.5 Å². The highest BCUT2D eigenvalue weighted by atomic mass is 32.2. The lowest BCUT2D eigenvalue weighted by Gasteiger charge is -2.25. The summed E-state index contributed by atoms with van der Waals surface area (Å²) in [6.45, 7) is 11.7. The van der Waals surface area contributed by atoms with Crippen LogP contribution in [0.3, 0.4) is 0 Å². The number of nitrogens with two attached hydrogens (primary N) is 1. The molecule has 0 fully saturated rings. The fourth-order valence-electron chi connectivity index (χ4n) is 2.18. The predicted octanol–water partition coefficient (Wildman–Crippen LogP) is 2.18. The van der Waals surface area contributed by atoms with E-state index in [-0.39, 0.29) is 22.5 Å². The fourth-order valence-corrected chi connectivity index (χ4v) is 4.01. The Kier molecular flexibility index (Phi) is 6.22. The van der Waals surface area contributed by atoms with Gasteiger partial charge in [0.25, 0.3) is 0 Å². The SMILES string of the molecule is CCCn1cc(S(=O)(=O)N(CC(C)C)CC(C)C)c(N)n1. The van der Waals surface area contributed by atoms with E-state index in [1.165, 1.54) is 4.31 Å². The summed E-state index contributed by atoms with van der Waals surface area (Å²) in [4.78, 5) is 0.122. The Bertz CT molecular complexity index is 539. The average Bonchev–Trinajstić information content (AvgIpc) is 2.69. The maximum atomic E-state index is 12.8. The first-order chi connectivity index (χ1) is 9.68. The van der Waals surface area contributed by atoms with Gasteiger partial charge in [-0.15, -0.1) is 0 Å². The molecule has 7 heteroatoms. The molecule has 0 aromatic carbocycles. The molecule has 0 aliphatic carbocycles. The molecule has 0 atom stereocenters. The lowest BCUT2D eigenvalue weighted by Crippen LogP contribution is -2.37. The van der Waals surface area contributed by atoms with Gasteiger partial charge in [-0.3, -0.25) is 4.68 Å². The summed E-state index contributed by atoms with van der Waals surface area (Å²) in [5.74, 6) is 0.594. The molecule has 122 valence electrons. The molecule has 0 radical (unpaired) electrons. The second-order valence-corrected chi connectivity index (χ2v) is 8.16. The quantitative estimate of drug-likeness (QED) is 0.797. The van der Waals surface area contributed by atoms with Gasteiger partial charge in [-0.1, -0.05) is 34.6 Å². The zero-order valence-electron chi connectivity index (χ0n) is 13.7. The van der Waals surface area contributed by atoms with Crippen LogP contribution in [0.2, 0.25) is 0 Å². The molecule has 21 heavy (non-hydrogen) atoms. The molecule has 6 nitrogen and oxygen atoms in total. The Morgan fingerprint density at radius 3 is 2.19 bits per heavy atom. The molecule has 0 saturated heterocycles. The van der Waals surface area contributed by atoms with Crippen LogP contribution in [0.5, 0.6) is 0 Å². The van der Waals surface area contributed by atoms with Crippen LogP contribution in [0.25, 0.3) is 0 Å². The summed E-state index contributed by atoms with van der Waals surface area (Å²) in [7, 11) is -3.59. The third-order valence-electron chi connectivity index (χ3n) is 2.96. The molecule has 0 aliphatic rings. The van der Waals surface area contributed by atoms with Gasteiger partial charge in [0, 0.05) is 25.8 Å². The van der Waals surface area contributed by atoms with E-state index in [9.17, 15) is 8.42 Å². The van der Waals surface area contributed by atoms with E-state index in [0.29, 0.717) is 19.6 Å². The van der Waals surface area contributed by atoms with E-state index in [4.69, 9.17) is 5.73 Å². The number of aromatic nitrogens is 2. The minimum atomic E-state index is -3.59. The third-order valence-corrected chi connectivity index (χ3v) is 4.81. The second kappa shape index (κ2) is 7.26. The molecule has 1 heterocycles. The Hall–Kier alpha value is -1.08. The van der Waals surface area contributed by atoms with Crippen LogP contribution in [-0.2, 0) is 16.6 Å². The van der Waals surface area contributed by atoms with Crippen molar-refractivity contribution in [3.05, 3.63) is 6.20 Å². The van der Waals surface area contributed by atoms with Crippen LogP contribution in [0.4, 0.5) is 5.82 Å². The number of hydrogen-bond acceptors (Lipinski definition) is 4. The molecule has 0 bridgehead atoms. The Balaban J connectivity index is 3.15. The van der Waals surface area contributed by atoms with E-state index in [0.717, 1.165) is 6.42 Å². The monoisotopic (exact) mass is 316 g/mol. The largest absolute Gasteiger partial charge is 0.381 e. The molecule has 0 saturated carbocycles. The molecule has 2 N–H and O–H groups in total. The maximum Gasteiger partial charge on any atom is 0.248 e. The highest BCUT2D eigenvalue weighted by Crippen LogP contribution is 2.23. The zero-order chi connectivity index (χ0) is 16.2. The van der Waals surface area contributed by atoms with Crippen molar-refractivity contribution in [1.29, 1.82) is 0 Å². The van der Waals surface area contributed by atoms with Crippen LogP contribution >= 0.6 is 0 Å². The normalized spacial score (nSPS) is 12.8. The number of nitrogens with zero attached hydrogens (tertiary/aromatic N) is 3. The summed E-state index contributed by atoms with van der Waals surface area (Å²) in [5, 5.41) is 4.10. The summed E-state index contributed by atoms with van der Waals surface area (Å²) < 4.78 is 28.8. The minimum Gasteiger partial charge on any atom is -0.381 e. The van der Waals surface area contributed by atoms with Gasteiger partial charge < -0.3 is 5.73 Å². The van der Waals surface area contributed by atoms with E-state index in [1.54, 1.807) is 10.9 Å².